The van der Waals surface area contributed by atoms with Crippen LogP contribution in [0.25, 0.3) is 0 Å². The standard InChI is InChI=1S/C13H20N2O3/c1-9(2)12(7-16)15-13(17)8-18-11-5-3-4-10(14)6-11/h3-6,9,12,16H,7-8,14H2,1-2H3,(H,15,17)/t12-/m1/s1. The van der Waals surface area contributed by atoms with Gasteiger partial charge in [-0.05, 0) is 18.1 Å². The van der Waals surface area contributed by atoms with E-state index in [2.05, 4.69) is 5.32 Å². The first-order valence-corrected chi connectivity index (χ1v) is 5.91. The minimum absolute atomic E-state index is 0.0817. The molecule has 4 N–H and O–H groups in total. The molecule has 0 aliphatic heterocycles. The van der Waals surface area contributed by atoms with Crippen LogP contribution in [-0.4, -0.2) is 30.3 Å². The molecular formula is C13H20N2O3. The molecule has 5 heteroatoms. The molecule has 0 radical (unpaired) electrons. The zero-order valence-corrected chi connectivity index (χ0v) is 10.7. The van der Waals surface area contributed by atoms with Gasteiger partial charge in [-0.1, -0.05) is 19.9 Å². The highest BCUT2D eigenvalue weighted by molar-refractivity contribution is 5.77. The van der Waals surface area contributed by atoms with Crippen molar-refractivity contribution < 1.29 is 14.6 Å². The lowest BCUT2D eigenvalue weighted by molar-refractivity contribution is -0.124. The van der Waals surface area contributed by atoms with Crippen LogP contribution in [-0.2, 0) is 4.79 Å². The number of nitrogens with one attached hydrogen (secondary N) is 1. The van der Waals surface area contributed by atoms with Gasteiger partial charge in [0.2, 0.25) is 0 Å². The molecule has 5 nitrogen and oxygen atoms in total. The van der Waals surface area contributed by atoms with Crippen LogP contribution in [0.4, 0.5) is 5.69 Å². The molecular weight excluding hydrogens is 232 g/mol. The number of hydrogen-bond donors (Lipinski definition) is 3. The van der Waals surface area contributed by atoms with Gasteiger partial charge in [-0.15, -0.1) is 0 Å². The van der Waals surface area contributed by atoms with Gasteiger partial charge in [-0.2, -0.15) is 0 Å². The third-order valence-electron chi connectivity index (χ3n) is 2.58. The number of carbonyl (C=O) groups is 1. The van der Waals surface area contributed by atoms with E-state index in [0.717, 1.165) is 0 Å². The lowest BCUT2D eigenvalue weighted by Crippen LogP contribution is -2.43. The maximum absolute atomic E-state index is 11.6. The van der Waals surface area contributed by atoms with E-state index in [-0.39, 0.29) is 31.1 Å². The molecule has 0 saturated heterocycles. The van der Waals surface area contributed by atoms with Crippen molar-refractivity contribution in [2.24, 2.45) is 5.92 Å². The van der Waals surface area contributed by atoms with E-state index in [1.54, 1.807) is 24.3 Å². The summed E-state index contributed by atoms with van der Waals surface area (Å²) in [6.07, 6.45) is 0. The SMILES string of the molecule is CC(C)[C@@H](CO)NC(=O)COc1cccc(N)c1. The molecule has 0 heterocycles. The second-order valence-corrected chi connectivity index (χ2v) is 4.46. The highest BCUT2D eigenvalue weighted by atomic mass is 16.5. The fourth-order valence-electron chi connectivity index (χ4n) is 1.42. The molecule has 1 atom stereocenters. The third kappa shape index (κ3) is 4.63. The van der Waals surface area contributed by atoms with Gasteiger partial charge >= 0.3 is 0 Å². The summed E-state index contributed by atoms with van der Waals surface area (Å²) >= 11 is 0. The summed E-state index contributed by atoms with van der Waals surface area (Å²) in [5.74, 6) is 0.465. The van der Waals surface area contributed by atoms with Crippen molar-refractivity contribution in [1.29, 1.82) is 0 Å². The van der Waals surface area contributed by atoms with Crippen molar-refractivity contribution in [2.75, 3.05) is 18.9 Å². The Morgan fingerprint density at radius 1 is 1.50 bits per heavy atom. The van der Waals surface area contributed by atoms with E-state index >= 15 is 0 Å². The lowest BCUT2D eigenvalue weighted by Gasteiger charge is -2.19. The summed E-state index contributed by atoms with van der Waals surface area (Å²) in [6, 6.07) is 6.64. The van der Waals surface area contributed by atoms with Crippen molar-refractivity contribution in [3.05, 3.63) is 24.3 Å². The highest BCUT2D eigenvalue weighted by Gasteiger charge is 2.15. The summed E-state index contributed by atoms with van der Waals surface area (Å²) in [5.41, 5.74) is 6.18. The van der Waals surface area contributed by atoms with Crippen LogP contribution in [0.3, 0.4) is 0 Å². The van der Waals surface area contributed by atoms with E-state index in [9.17, 15) is 4.79 Å². The molecule has 0 spiro atoms. The summed E-state index contributed by atoms with van der Waals surface area (Å²) in [5, 5.41) is 11.8. The molecule has 0 fully saturated rings. The molecule has 1 amide bonds. The number of nitrogens with two attached hydrogens (primary N) is 1. The van der Waals surface area contributed by atoms with Crippen LogP contribution in [0.2, 0.25) is 0 Å². The first-order valence-electron chi connectivity index (χ1n) is 5.91. The zero-order valence-electron chi connectivity index (χ0n) is 10.7. The molecule has 0 aliphatic carbocycles. The number of hydrogen-bond acceptors (Lipinski definition) is 4. The number of rotatable bonds is 6. The fourth-order valence-corrected chi connectivity index (χ4v) is 1.42. The number of aliphatic hydroxyl groups is 1. The van der Waals surface area contributed by atoms with Crippen molar-refractivity contribution in [3.63, 3.8) is 0 Å². The van der Waals surface area contributed by atoms with E-state index in [4.69, 9.17) is 15.6 Å². The predicted molar refractivity (Wildman–Crippen MR) is 70.2 cm³/mol. The van der Waals surface area contributed by atoms with Crippen molar-refractivity contribution in [3.8, 4) is 5.75 Å². The Balaban J connectivity index is 2.41. The maximum atomic E-state index is 11.6. The molecule has 100 valence electrons. The lowest BCUT2D eigenvalue weighted by atomic mass is 10.1. The highest BCUT2D eigenvalue weighted by Crippen LogP contribution is 2.14. The number of carbonyl (C=O) groups excluding carboxylic acids is 1. The van der Waals surface area contributed by atoms with Gasteiger partial charge in [0.1, 0.15) is 5.75 Å². The van der Waals surface area contributed by atoms with Crippen LogP contribution < -0.4 is 15.8 Å². The van der Waals surface area contributed by atoms with Gasteiger partial charge in [0.05, 0.1) is 12.6 Å². The summed E-state index contributed by atoms with van der Waals surface area (Å²) in [4.78, 5) is 11.6. The van der Waals surface area contributed by atoms with Crippen LogP contribution in [0.5, 0.6) is 5.75 Å². The first kappa shape index (κ1) is 14.3. The van der Waals surface area contributed by atoms with Crippen LogP contribution in [0.1, 0.15) is 13.8 Å². The van der Waals surface area contributed by atoms with Gasteiger partial charge in [0.15, 0.2) is 6.61 Å². The molecule has 18 heavy (non-hydrogen) atoms. The van der Waals surface area contributed by atoms with Crippen LogP contribution in [0, 0.1) is 5.92 Å². The van der Waals surface area contributed by atoms with Gasteiger partial charge < -0.3 is 20.9 Å². The first-order chi connectivity index (χ1) is 8.52. The van der Waals surface area contributed by atoms with Gasteiger partial charge in [-0.25, -0.2) is 0 Å². The number of benzene rings is 1. The molecule has 0 saturated carbocycles. The number of amides is 1. The zero-order chi connectivity index (χ0) is 13.5. The molecule has 0 bridgehead atoms. The Bertz CT molecular complexity index is 394. The molecule has 1 aromatic rings. The quantitative estimate of drug-likeness (QED) is 0.653. The fraction of sp³-hybridized carbons (Fsp3) is 0.462. The second kappa shape index (κ2) is 6.86. The third-order valence-corrected chi connectivity index (χ3v) is 2.58. The topological polar surface area (TPSA) is 84.6 Å². The minimum atomic E-state index is -0.259. The van der Waals surface area contributed by atoms with Crippen molar-refractivity contribution in [2.45, 2.75) is 19.9 Å². The normalized spacial score (nSPS) is 12.2. The summed E-state index contributed by atoms with van der Waals surface area (Å²) < 4.78 is 5.30. The Labute approximate surface area is 107 Å². The minimum Gasteiger partial charge on any atom is -0.484 e. The van der Waals surface area contributed by atoms with Crippen molar-refractivity contribution in [1.82, 2.24) is 5.32 Å². The smallest absolute Gasteiger partial charge is 0.258 e. The van der Waals surface area contributed by atoms with E-state index in [0.29, 0.717) is 11.4 Å². The van der Waals surface area contributed by atoms with Gasteiger partial charge in [-0.3, -0.25) is 4.79 Å². The Morgan fingerprint density at radius 2 is 2.22 bits per heavy atom. The van der Waals surface area contributed by atoms with Crippen LogP contribution in [0.15, 0.2) is 24.3 Å². The average molecular weight is 252 g/mol. The van der Waals surface area contributed by atoms with Gasteiger partial charge in [0.25, 0.3) is 5.91 Å². The average Bonchev–Trinajstić information content (AvgIpc) is 2.33. The molecule has 0 aliphatic rings. The Kier molecular flexibility index (Phi) is 5.45. The molecule has 1 aromatic carbocycles. The largest absolute Gasteiger partial charge is 0.484 e. The molecule has 0 unspecified atom stereocenters. The molecule has 0 aromatic heterocycles. The monoisotopic (exact) mass is 252 g/mol. The summed E-state index contributed by atoms with van der Waals surface area (Å²) in [7, 11) is 0. The Hall–Kier alpha value is -1.75. The van der Waals surface area contributed by atoms with E-state index < -0.39 is 0 Å². The van der Waals surface area contributed by atoms with Crippen molar-refractivity contribution >= 4 is 11.6 Å². The maximum Gasteiger partial charge on any atom is 0.258 e. The van der Waals surface area contributed by atoms with E-state index in [1.165, 1.54) is 0 Å². The predicted octanol–water partition coefficient (Wildman–Crippen LogP) is 0.781. The van der Waals surface area contributed by atoms with Gasteiger partial charge in [0, 0.05) is 11.8 Å². The Morgan fingerprint density at radius 3 is 2.78 bits per heavy atom. The molecule has 1 rings (SSSR count). The number of ether oxygens (including phenoxy) is 1. The van der Waals surface area contributed by atoms with Crippen LogP contribution >= 0.6 is 0 Å². The number of aliphatic hydroxyl groups excluding tert-OH is 1. The summed E-state index contributed by atoms with van der Waals surface area (Å²) in [6.45, 7) is 3.69. The van der Waals surface area contributed by atoms with E-state index in [1.807, 2.05) is 13.8 Å². The number of nitrogen functional groups attached to an aromatic ring is 1. The number of anilines is 1. The second-order valence-electron chi connectivity index (χ2n) is 4.46.